The molecule has 0 aliphatic carbocycles. The summed E-state index contributed by atoms with van der Waals surface area (Å²) in [6.07, 6.45) is 1.13. The number of nitrogens with one attached hydrogen (secondary N) is 2. The zero-order valence-electron chi connectivity index (χ0n) is 14.9. The van der Waals surface area contributed by atoms with Crippen LogP contribution in [0.4, 0.5) is 10.1 Å². The fourth-order valence-corrected chi connectivity index (χ4v) is 4.36. The van der Waals surface area contributed by atoms with E-state index in [9.17, 15) is 22.4 Å². The summed E-state index contributed by atoms with van der Waals surface area (Å²) < 4.78 is 40.7. The van der Waals surface area contributed by atoms with Gasteiger partial charge in [-0.15, -0.1) is 12.4 Å². The summed E-state index contributed by atoms with van der Waals surface area (Å²) in [7, 11) is -3.91. The first-order valence-corrected chi connectivity index (χ1v) is 9.74. The van der Waals surface area contributed by atoms with Gasteiger partial charge in [0.15, 0.2) is 0 Å². The molecule has 27 heavy (non-hydrogen) atoms. The van der Waals surface area contributed by atoms with Gasteiger partial charge in [-0.25, -0.2) is 12.8 Å². The maximum atomic E-state index is 13.8. The third-order valence-corrected chi connectivity index (χ3v) is 5.95. The van der Waals surface area contributed by atoms with E-state index in [1.165, 1.54) is 11.2 Å². The van der Waals surface area contributed by atoms with Crippen molar-refractivity contribution in [1.29, 1.82) is 0 Å². The average Bonchev–Trinajstić information content (AvgIpc) is 2.61. The van der Waals surface area contributed by atoms with E-state index in [0.717, 1.165) is 18.2 Å². The number of carbonyl (C=O) groups is 2. The van der Waals surface area contributed by atoms with Crippen LogP contribution in [0.1, 0.15) is 19.8 Å². The number of carbonyl (C=O) groups excluding carboxylic acids is 2. The number of nitrogens with two attached hydrogens (primary N) is 1. The van der Waals surface area contributed by atoms with Crippen LogP contribution in [0.3, 0.4) is 0 Å². The molecule has 1 heterocycles. The van der Waals surface area contributed by atoms with Crippen molar-refractivity contribution in [3.05, 3.63) is 24.0 Å². The van der Waals surface area contributed by atoms with Gasteiger partial charge in [-0.05, 0) is 31.0 Å². The second-order valence-corrected chi connectivity index (χ2v) is 8.04. The van der Waals surface area contributed by atoms with Crippen molar-refractivity contribution >= 4 is 39.9 Å². The van der Waals surface area contributed by atoms with Gasteiger partial charge in [-0.2, -0.15) is 4.31 Å². The molecule has 0 spiro atoms. The standard InChI is InChI=1S/C16H23FN4O4S.ClH/c1-11(22)20-15-9-13(4-5-14(15)17)26(24,25)21-8-2-3-12(10-21)16(23)19-7-6-18;/h4-5,9,12H,2-3,6-8,10,18H2,1H3,(H,19,23)(H,20,22);1H. The van der Waals surface area contributed by atoms with Gasteiger partial charge in [-0.3, -0.25) is 9.59 Å². The zero-order chi connectivity index (χ0) is 19.3. The molecule has 8 nitrogen and oxygen atoms in total. The highest BCUT2D eigenvalue weighted by Crippen LogP contribution is 2.26. The van der Waals surface area contributed by atoms with Crippen molar-refractivity contribution in [1.82, 2.24) is 9.62 Å². The van der Waals surface area contributed by atoms with Gasteiger partial charge in [0, 0.05) is 33.1 Å². The number of nitrogens with zero attached hydrogens (tertiary/aromatic N) is 1. The predicted octanol–water partition coefficient (Wildman–Crippen LogP) is 0.682. The molecule has 2 amide bonds. The van der Waals surface area contributed by atoms with E-state index >= 15 is 0 Å². The maximum absolute atomic E-state index is 13.8. The average molecular weight is 423 g/mol. The molecular formula is C16H24ClFN4O4S. The summed E-state index contributed by atoms with van der Waals surface area (Å²) in [5, 5.41) is 4.94. The van der Waals surface area contributed by atoms with E-state index in [0.29, 0.717) is 25.9 Å². The molecule has 1 aliphatic heterocycles. The van der Waals surface area contributed by atoms with E-state index in [1.807, 2.05) is 0 Å². The van der Waals surface area contributed by atoms with Gasteiger partial charge >= 0.3 is 0 Å². The number of anilines is 1. The van der Waals surface area contributed by atoms with Gasteiger partial charge in [0.05, 0.1) is 16.5 Å². The lowest BCUT2D eigenvalue weighted by atomic mass is 9.99. The van der Waals surface area contributed by atoms with Crippen LogP contribution in [0.5, 0.6) is 0 Å². The summed E-state index contributed by atoms with van der Waals surface area (Å²) in [4.78, 5) is 23.1. The largest absolute Gasteiger partial charge is 0.355 e. The fourth-order valence-electron chi connectivity index (χ4n) is 2.81. The Hall–Kier alpha value is -1.75. The zero-order valence-corrected chi connectivity index (χ0v) is 16.5. The van der Waals surface area contributed by atoms with E-state index in [1.54, 1.807) is 0 Å². The van der Waals surface area contributed by atoms with E-state index in [2.05, 4.69) is 10.6 Å². The number of benzene rings is 1. The molecule has 1 fully saturated rings. The molecule has 1 aromatic carbocycles. The molecule has 1 aromatic rings. The van der Waals surface area contributed by atoms with Crippen LogP contribution in [0.25, 0.3) is 0 Å². The molecule has 0 radical (unpaired) electrons. The third-order valence-electron chi connectivity index (χ3n) is 4.08. The highest BCUT2D eigenvalue weighted by Gasteiger charge is 2.33. The smallest absolute Gasteiger partial charge is 0.243 e. The molecule has 1 aliphatic rings. The lowest BCUT2D eigenvalue weighted by Gasteiger charge is -2.31. The van der Waals surface area contributed by atoms with Gasteiger partial charge in [0.25, 0.3) is 0 Å². The fraction of sp³-hybridized carbons (Fsp3) is 0.500. The third kappa shape index (κ3) is 5.86. The monoisotopic (exact) mass is 422 g/mol. The first kappa shape index (κ1) is 23.3. The number of hydrogen-bond acceptors (Lipinski definition) is 5. The highest BCUT2D eigenvalue weighted by atomic mass is 35.5. The van der Waals surface area contributed by atoms with Crippen LogP contribution < -0.4 is 16.4 Å². The minimum Gasteiger partial charge on any atom is -0.355 e. The normalized spacial score (nSPS) is 17.7. The van der Waals surface area contributed by atoms with Crippen molar-refractivity contribution in [3.63, 3.8) is 0 Å². The molecule has 1 atom stereocenters. The van der Waals surface area contributed by atoms with Crippen molar-refractivity contribution < 1.29 is 22.4 Å². The second-order valence-electron chi connectivity index (χ2n) is 6.10. The Morgan fingerprint density at radius 3 is 2.70 bits per heavy atom. The van der Waals surface area contributed by atoms with Gasteiger partial charge in [0.2, 0.25) is 21.8 Å². The van der Waals surface area contributed by atoms with E-state index in [4.69, 9.17) is 5.73 Å². The summed E-state index contributed by atoms with van der Waals surface area (Å²) in [6, 6.07) is 3.23. The topological polar surface area (TPSA) is 122 Å². The molecule has 1 unspecified atom stereocenters. The van der Waals surface area contributed by atoms with Crippen molar-refractivity contribution in [2.45, 2.75) is 24.7 Å². The Morgan fingerprint density at radius 2 is 2.07 bits per heavy atom. The minimum atomic E-state index is -3.91. The summed E-state index contributed by atoms with van der Waals surface area (Å²) in [6.45, 7) is 2.17. The van der Waals surface area contributed by atoms with Crippen LogP contribution in [-0.4, -0.2) is 50.7 Å². The Balaban J connectivity index is 0.00000364. The van der Waals surface area contributed by atoms with E-state index in [-0.39, 0.29) is 42.0 Å². The Bertz CT molecular complexity index is 791. The van der Waals surface area contributed by atoms with Gasteiger partial charge in [-0.1, -0.05) is 0 Å². The molecule has 0 saturated carbocycles. The molecular weight excluding hydrogens is 399 g/mol. The number of halogens is 2. The number of hydrogen-bond donors (Lipinski definition) is 3. The first-order chi connectivity index (χ1) is 12.3. The lowest BCUT2D eigenvalue weighted by molar-refractivity contribution is -0.126. The Kier molecular flexibility index (Phi) is 8.60. The number of piperidine rings is 1. The van der Waals surface area contributed by atoms with Gasteiger partial charge < -0.3 is 16.4 Å². The van der Waals surface area contributed by atoms with Crippen molar-refractivity contribution in [3.8, 4) is 0 Å². The molecule has 0 bridgehead atoms. The Morgan fingerprint density at radius 1 is 1.37 bits per heavy atom. The van der Waals surface area contributed by atoms with Crippen LogP contribution in [-0.2, 0) is 19.6 Å². The van der Waals surface area contributed by atoms with Crippen LogP contribution in [0.2, 0.25) is 0 Å². The van der Waals surface area contributed by atoms with Crippen LogP contribution in [0.15, 0.2) is 23.1 Å². The second kappa shape index (κ2) is 9.98. The molecule has 2 rings (SSSR count). The summed E-state index contributed by atoms with van der Waals surface area (Å²) in [5.41, 5.74) is 5.16. The Labute approximate surface area is 164 Å². The number of rotatable bonds is 6. The van der Waals surface area contributed by atoms with Crippen molar-refractivity contribution in [2.75, 3.05) is 31.5 Å². The summed E-state index contributed by atoms with van der Waals surface area (Å²) >= 11 is 0. The first-order valence-electron chi connectivity index (χ1n) is 8.30. The molecule has 1 saturated heterocycles. The molecule has 152 valence electrons. The van der Waals surface area contributed by atoms with Crippen LogP contribution >= 0.6 is 12.4 Å². The quantitative estimate of drug-likeness (QED) is 0.622. The highest BCUT2D eigenvalue weighted by molar-refractivity contribution is 7.89. The minimum absolute atomic E-state index is 0. The van der Waals surface area contributed by atoms with Crippen molar-refractivity contribution in [2.24, 2.45) is 11.7 Å². The number of amides is 2. The SMILES string of the molecule is CC(=O)Nc1cc(S(=O)(=O)N2CCCC(C(=O)NCCN)C2)ccc1F.Cl. The van der Waals surface area contributed by atoms with E-state index < -0.39 is 27.7 Å². The maximum Gasteiger partial charge on any atom is 0.243 e. The molecule has 0 aromatic heterocycles. The van der Waals surface area contributed by atoms with Gasteiger partial charge in [0.1, 0.15) is 5.82 Å². The summed E-state index contributed by atoms with van der Waals surface area (Å²) in [5.74, 6) is -1.92. The van der Waals surface area contributed by atoms with Crippen LogP contribution in [0, 0.1) is 11.7 Å². The molecule has 4 N–H and O–H groups in total. The molecule has 11 heteroatoms. The lowest BCUT2D eigenvalue weighted by Crippen LogP contribution is -2.46. The number of sulfonamides is 1. The predicted molar refractivity (Wildman–Crippen MR) is 101 cm³/mol.